The molecule has 0 aliphatic carbocycles. The van der Waals surface area contributed by atoms with Crippen molar-refractivity contribution in [2.24, 2.45) is 0 Å². The molecule has 0 amide bonds. The van der Waals surface area contributed by atoms with E-state index in [0.29, 0.717) is 26.2 Å². The second-order valence-electron chi connectivity index (χ2n) is 7.77. The fourth-order valence-electron chi connectivity index (χ4n) is 4.04. The first-order valence-corrected chi connectivity index (χ1v) is 12.1. The van der Waals surface area contributed by atoms with Crippen LogP contribution in [0.1, 0.15) is 21.9 Å². The van der Waals surface area contributed by atoms with E-state index in [4.69, 9.17) is 4.74 Å². The van der Waals surface area contributed by atoms with Gasteiger partial charge in [-0.05, 0) is 46.8 Å². The molecule has 33 heavy (non-hydrogen) atoms. The van der Waals surface area contributed by atoms with Crippen LogP contribution in [0.2, 0.25) is 0 Å². The van der Waals surface area contributed by atoms with Gasteiger partial charge in [0, 0.05) is 55.5 Å². The highest BCUT2D eigenvalue weighted by Crippen LogP contribution is 2.36. The van der Waals surface area contributed by atoms with E-state index in [0.717, 1.165) is 17.9 Å². The molecule has 0 radical (unpaired) electrons. The Morgan fingerprint density at radius 2 is 1.21 bits per heavy atom. The molecule has 6 nitrogen and oxygen atoms in total. The van der Waals surface area contributed by atoms with E-state index in [9.17, 15) is 15.3 Å². The monoisotopic (exact) mass is 470 g/mol. The summed E-state index contributed by atoms with van der Waals surface area (Å²) in [6.45, 7) is 3.06. The SMILES string of the molecule is COCCN(CCO)c1ccc(C(c2ccc(N(CCO)CCO)cc2)c2cccs2)cc1. The Bertz CT molecular complexity index is 910. The number of hydrogen-bond donors (Lipinski definition) is 3. The number of nitrogens with zero attached hydrogens (tertiary/aromatic N) is 2. The van der Waals surface area contributed by atoms with Gasteiger partial charge in [0.2, 0.25) is 0 Å². The largest absolute Gasteiger partial charge is 0.395 e. The van der Waals surface area contributed by atoms with Crippen LogP contribution >= 0.6 is 11.3 Å². The number of benzene rings is 2. The Labute approximate surface area is 200 Å². The Balaban J connectivity index is 1.88. The smallest absolute Gasteiger partial charge is 0.0637 e. The van der Waals surface area contributed by atoms with Crippen LogP contribution in [0.25, 0.3) is 0 Å². The molecule has 1 aromatic heterocycles. The lowest BCUT2D eigenvalue weighted by Gasteiger charge is -2.25. The van der Waals surface area contributed by atoms with Crippen LogP contribution < -0.4 is 9.80 Å². The quantitative estimate of drug-likeness (QED) is 0.336. The van der Waals surface area contributed by atoms with E-state index in [1.165, 1.54) is 16.0 Å². The van der Waals surface area contributed by atoms with Gasteiger partial charge in [-0.1, -0.05) is 30.3 Å². The number of rotatable bonds is 14. The lowest BCUT2D eigenvalue weighted by Crippen LogP contribution is -2.30. The van der Waals surface area contributed by atoms with Crippen molar-refractivity contribution in [1.29, 1.82) is 0 Å². The predicted molar refractivity (Wildman–Crippen MR) is 136 cm³/mol. The molecule has 7 heteroatoms. The summed E-state index contributed by atoms with van der Waals surface area (Å²) >= 11 is 1.74. The van der Waals surface area contributed by atoms with Crippen molar-refractivity contribution in [2.45, 2.75) is 5.92 Å². The first-order valence-electron chi connectivity index (χ1n) is 11.3. The van der Waals surface area contributed by atoms with Crippen molar-refractivity contribution in [1.82, 2.24) is 0 Å². The molecule has 2 aromatic carbocycles. The van der Waals surface area contributed by atoms with Crippen molar-refractivity contribution < 1.29 is 20.1 Å². The molecule has 0 aliphatic heterocycles. The van der Waals surface area contributed by atoms with E-state index < -0.39 is 0 Å². The molecule has 0 saturated heterocycles. The molecule has 3 N–H and O–H groups in total. The second-order valence-corrected chi connectivity index (χ2v) is 8.75. The van der Waals surface area contributed by atoms with Gasteiger partial charge < -0.3 is 29.9 Å². The second kappa shape index (κ2) is 13.3. The summed E-state index contributed by atoms with van der Waals surface area (Å²) in [5, 5.41) is 30.2. The molecule has 0 bridgehead atoms. The summed E-state index contributed by atoms with van der Waals surface area (Å²) in [5.74, 6) is 0.113. The van der Waals surface area contributed by atoms with E-state index in [1.807, 2.05) is 4.90 Å². The lowest BCUT2D eigenvalue weighted by molar-refractivity contribution is 0.203. The van der Waals surface area contributed by atoms with Gasteiger partial charge in [-0.15, -0.1) is 11.3 Å². The summed E-state index contributed by atoms with van der Waals surface area (Å²) in [7, 11) is 1.68. The molecule has 1 heterocycles. The maximum absolute atomic E-state index is 9.43. The number of anilines is 2. The van der Waals surface area contributed by atoms with E-state index in [1.54, 1.807) is 18.4 Å². The Morgan fingerprint density at radius 3 is 1.61 bits per heavy atom. The van der Waals surface area contributed by atoms with Crippen molar-refractivity contribution in [3.8, 4) is 0 Å². The average Bonchev–Trinajstić information content (AvgIpc) is 3.37. The van der Waals surface area contributed by atoms with Gasteiger partial charge in [-0.25, -0.2) is 0 Å². The number of methoxy groups -OCH3 is 1. The van der Waals surface area contributed by atoms with Gasteiger partial charge in [0.05, 0.1) is 26.4 Å². The van der Waals surface area contributed by atoms with Crippen LogP contribution in [0.15, 0.2) is 66.0 Å². The Kier molecular flexibility index (Phi) is 10.2. The van der Waals surface area contributed by atoms with Crippen LogP contribution in [0, 0.1) is 0 Å². The molecule has 1 unspecified atom stereocenters. The topological polar surface area (TPSA) is 76.4 Å². The molecule has 0 fully saturated rings. The summed E-state index contributed by atoms with van der Waals surface area (Å²) in [6, 6.07) is 21.2. The maximum Gasteiger partial charge on any atom is 0.0637 e. The average molecular weight is 471 g/mol. The van der Waals surface area contributed by atoms with Crippen LogP contribution in [-0.2, 0) is 4.74 Å². The summed E-state index contributed by atoms with van der Waals surface area (Å²) in [5.41, 5.74) is 4.44. The maximum atomic E-state index is 9.43. The van der Waals surface area contributed by atoms with Crippen LogP contribution in [-0.4, -0.2) is 75.0 Å². The summed E-state index contributed by atoms with van der Waals surface area (Å²) in [4.78, 5) is 5.37. The van der Waals surface area contributed by atoms with Gasteiger partial charge in [0.25, 0.3) is 0 Å². The van der Waals surface area contributed by atoms with Crippen molar-refractivity contribution in [2.75, 3.05) is 69.5 Å². The van der Waals surface area contributed by atoms with E-state index in [-0.39, 0.29) is 25.7 Å². The lowest BCUT2D eigenvalue weighted by atomic mass is 9.89. The first-order chi connectivity index (χ1) is 16.2. The molecular weight excluding hydrogens is 436 g/mol. The summed E-state index contributed by atoms with van der Waals surface area (Å²) < 4.78 is 5.21. The first kappa shape index (κ1) is 25.2. The molecule has 3 aromatic rings. The van der Waals surface area contributed by atoms with Crippen LogP contribution in [0.4, 0.5) is 11.4 Å². The number of ether oxygens (including phenoxy) is 1. The van der Waals surface area contributed by atoms with Gasteiger partial charge in [-0.2, -0.15) is 0 Å². The minimum absolute atomic E-state index is 0.0452. The van der Waals surface area contributed by atoms with E-state index in [2.05, 4.69) is 70.9 Å². The van der Waals surface area contributed by atoms with Gasteiger partial charge in [-0.3, -0.25) is 0 Å². The fraction of sp³-hybridized carbons (Fsp3) is 0.385. The zero-order valence-corrected chi connectivity index (χ0v) is 20.0. The number of aliphatic hydroxyl groups is 3. The standard InChI is InChI=1S/C26H34N2O4S/c1-32-19-15-28(14-18-31)24-10-6-22(7-11-24)26(25-3-2-20-33-25)21-4-8-23(9-5-21)27(12-16-29)13-17-30/h2-11,20,26,29-31H,12-19H2,1H3. The number of thiophene rings is 1. The van der Waals surface area contributed by atoms with E-state index >= 15 is 0 Å². The highest BCUT2D eigenvalue weighted by Gasteiger charge is 2.19. The Hall–Kier alpha value is -2.42. The molecule has 3 rings (SSSR count). The van der Waals surface area contributed by atoms with Crippen LogP contribution in [0.5, 0.6) is 0 Å². The Morgan fingerprint density at radius 1 is 0.727 bits per heavy atom. The normalized spacial score (nSPS) is 12.0. The van der Waals surface area contributed by atoms with Gasteiger partial charge >= 0.3 is 0 Å². The molecule has 1 atom stereocenters. The third-order valence-corrected chi connectivity index (χ3v) is 6.62. The van der Waals surface area contributed by atoms with Gasteiger partial charge in [0.1, 0.15) is 0 Å². The summed E-state index contributed by atoms with van der Waals surface area (Å²) in [6.07, 6.45) is 0. The molecule has 0 saturated carbocycles. The highest BCUT2D eigenvalue weighted by atomic mass is 32.1. The van der Waals surface area contributed by atoms with Crippen molar-refractivity contribution in [3.63, 3.8) is 0 Å². The molecular formula is C26H34N2O4S. The van der Waals surface area contributed by atoms with Crippen molar-refractivity contribution >= 4 is 22.7 Å². The highest BCUT2D eigenvalue weighted by molar-refractivity contribution is 7.10. The van der Waals surface area contributed by atoms with Crippen LogP contribution in [0.3, 0.4) is 0 Å². The van der Waals surface area contributed by atoms with Crippen molar-refractivity contribution in [3.05, 3.63) is 82.0 Å². The fourth-order valence-corrected chi connectivity index (χ4v) is 4.91. The minimum atomic E-state index is 0.0452. The number of aliphatic hydroxyl groups excluding tert-OH is 3. The zero-order chi connectivity index (χ0) is 23.5. The predicted octanol–water partition coefficient (Wildman–Crippen LogP) is 3.16. The molecule has 178 valence electrons. The zero-order valence-electron chi connectivity index (χ0n) is 19.1. The van der Waals surface area contributed by atoms with Gasteiger partial charge in [0.15, 0.2) is 0 Å². The number of hydrogen-bond acceptors (Lipinski definition) is 7. The minimum Gasteiger partial charge on any atom is -0.395 e. The molecule has 0 spiro atoms. The third-order valence-electron chi connectivity index (χ3n) is 5.69. The third kappa shape index (κ3) is 6.79. The molecule has 0 aliphatic rings.